The molecule has 0 aliphatic heterocycles. The molecule has 0 aromatic rings. The van der Waals surface area contributed by atoms with E-state index >= 15 is 0 Å². The molecule has 6 nitrogen and oxygen atoms in total. The molecule has 0 fully saturated rings. The topological polar surface area (TPSA) is 80.0 Å². The van der Waals surface area contributed by atoms with Crippen molar-refractivity contribution in [2.75, 3.05) is 53.3 Å². The van der Waals surface area contributed by atoms with Crippen molar-refractivity contribution in [3.63, 3.8) is 0 Å². The average Bonchev–Trinajstić information content (AvgIpc) is 2.26. The summed E-state index contributed by atoms with van der Waals surface area (Å²) in [6, 6.07) is 0. The van der Waals surface area contributed by atoms with Gasteiger partial charge in [-0.15, -0.1) is 0 Å². The third-order valence-corrected chi connectivity index (χ3v) is 1.45. The Morgan fingerprint density at radius 2 is 1.53 bits per heavy atom. The molecule has 0 aliphatic carbocycles. The van der Waals surface area contributed by atoms with Crippen LogP contribution in [0, 0.1) is 0 Å². The minimum absolute atomic E-state index is 0.0382. The summed E-state index contributed by atoms with van der Waals surface area (Å²) in [5, 5.41) is 0. The van der Waals surface area contributed by atoms with Gasteiger partial charge in [-0.3, -0.25) is 0 Å². The van der Waals surface area contributed by atoms with Crippen LogP contribution in [-0.2, 0) is 23.7 Å². The zero-order valence-electron chi connectivity index (χ0n) is 9.07. The lowest BCUT2D eigenvalue weighted by Crippen LogP contribution is -2.15. The first kappa shape index (κ1) is 14.3. The number of esters is 1. The molecule has 0 aliphatic rings. The van der Waals surface area contributed by atoms with Gasteiger partial charge in [0.15, 0.2) is 0 Å². The summed E-state index contributed by atoms with van der Waals surface area (Å²) in [6.07, 6.45) is 0. The van der Waals surface area contributed by atoms with Crippen molar-refractivity contribution < 1.29 is 23.7 Å². The van der Waals surface area contributed by atoms with E-state index in [1.165, 1.54) is 7.11 Å². The van der Waals surface area contributed by atoms with Crippen molar-refractivity contribution in [1.82, 2.24) is 0 Å². The first-order chi connectivity index (χ1) is 7.31. The Bertz CT molecular complexity index is 153. The minimum Gasteiger partial charge on any atom is -0.467 e. The molecule has 0 saturated carbocycles. The molecule has 0 unspecified atom stereocenters. The summed E-state index contributed by atoms with van der Waals surface area (Å²) in [5.41, 5.74) is 5.22. The van der Waals surface area contributed by atoms with Crippen molar-refractivity contribution in [3.05, 3.63) is 0 Å². The SMILES string of the molecule is COC(=O)COCCOCCOCCN. The number of hydrogen-bond acceptors (Lipinski definition) is 6. The van der Waals surface area contributed by atoms with Crippen LogP contribution >= 0.6 is 0 Å². The van der Waals surface area contributed by atoms with Crippen molar-refractivity contribution in [2.24, 2.45) is 5.73 Å². The molecule has 0 heterocycles. The molecule has 2 N–H and O–H groups in total. The van der Waals surface area contributed by atoms with Gasteiger partial charge in [0.25, 0.3) is 0 Å². The molecule has 0 atom stereocenters. The smallest absolute Gasteiger partial charge is 0.331 e. The predicted molar refractivity (Wildman–Crippen MR) is 53.5 cm³/mol. The third-order valence-electron chi connectivity index (χ3n) is 1.45. The van der Waals surface area contributed by atoms with E-state index in [0.717, 1.165) is 0 Å². The van der Waals surface area contributed by atoms with Crippen LogP contribution in [0.4, 0.5) is 0 Å². The summed E-state index contributed by atoms with van der Waals surface area (Å²) in [6.45, 7) is 2.85. The molecule has 15 heavy (non-hydrogen) atoms. The van der Waals surface area contributed by atoms with Gasteiger partial charge in [-0.25, -0.2) is 4.79 Å². The average molecular weight is 221 g/mol. The number of hydrogen-bond donors (Lipinski definition) is 1. The number of carbonyl (C=O) groups excluding carboxylic acids is 1. The van der Waals surface area contributed by atoms with Gasteiger partial charge in [0.2, 0.25) is 0 Å². The largest absolute Gasteiger partial charge is 0.467 e. The Morgan fingerprint density at radius 3 is 2.07 bits per heavy atom. The van der Waals surface area contributed by atoms with Gasteiger partial charge in [0.1, 0.15) is 6.61 Å². The maximum absolute atomic E-state index is 10.6. The molecule has 0 rings (SSSR count). The summed E-state index contributed by atoms with van der Waals surface area (Å²) in [4.78, 5) is 10.6. The Labute approximate surface area is 89.6 Å². The zero-order valence-corrected chi connectivity index (χ0v) is 9.07. The van der Waals surface area contributed by atoms with Crippen LogP contribution in [0.5, 0.6) is 0 Å². The molecule has 0 spiro atoms. The summed E-state index contributed by atoms with van der Waals surface area (Å²) in [7, 11) is 1.32. The van der Waals surface area contributed by atoms with E-state index in [-0.39, 0.29) is 12.6 Å². The van der Waals surface area contributed by atoms with Crippen molar-refractivity contribution >= 4 is 5.97 Å². The molecular formula is C9H19NO5. The molecule has 90 valence electrons. The Balaban J connectivity index is 2.95. The van der Waals surface area contributed by atoms with Gasteiger partial charge in [0.05, 0.1) is 40.1 Å². The highest BCUT2D eigenvalue weighted by atomic mass is 16.6. The van der Waals surface area contributed by atoms with Crippen molar-refractivity contribution in [2.45, 2.75) is 0 Å². The number of carbonyl (C=O) groups is 1. The fourth-order valence-corrected chi connectivity index (χ4v) is 0.738. The summed E-state index contributed by atoms with van der Waals surface area (Å²) < 4.78 is 19.6. The first-order valence-corrected chi connectivity index (χ1v) is 4.81. The fraction of sp³-hybridized carbons (Fsp3) is 0.889. The standard InChI is InChI=1S/C9H19NO5/c1-12-9(11)8-15-7-6-14-5-4-13-3-2-10/h2-8,10H2,1H3. The molecule has 0 saturated heterocycles. The molecular weight excluding hydrogens is 202 g/mol. The molecule has 0 bridgehead atoms. The Hall–Kier alpha value is -0.690. The predicted octanol–water partition coefficient (Wildman–Crippen LogP) is -0.832. The molecule has 6 heteroatoms. The van der Waals surface area contributed by atoms with Crippen LogP contribution < -0.4 is 5.73 Å². The van der Waals surface area contributed by atoms with Gasteiger partial charge < -0.3 is 24.7 Å². The maximum Gasteiger partial charge on any atom is 0.331 e. The van der Waals surface area contributed by atoms with E-state index in [1.54, 1.807) is 0 Å². The van der Waals surface area contributed by atoms with Gasteiger partial charge in [-0.05, 0) is 0 Å². The van der Waals surface area contributed by atoms with Crippen molar-refractivity contribution in [1.29, 1.82) is 0 Å². The highest BCUT2D eigenvalue weighted by molar-refractivity contribution is 5.70. The quantitative estimate of drug-likeness (QED) is 0.383. The van der Waals surface area contributed by atoms with E-state index in [1.807, 2.05) is 0 Å². The van der Waals surface area contributed by atoms with E-state index in [0.29, 0.717) is 39.6 Å². The van der Waals surface area contributed by atoms with Crippen LogP contribution in [-0.4, -0.2) is 59.3 Å². The Kier molecular flexibility index (Phi) is 10.9. The van der Waals surface area contributed by atoms with Crippen LogP contribution in [0.1, 0.15) is 0 Å². The van der Waals surface area contributed by atoms with Crippen LogP contribution in [0.15, 0.2) is 0 Å². The summed E-state index contributed by atoms with van der Waals surface area (Å²) >= 11 is 0. The van der Waals surface area contributed by atoms with Gasteiger partial charge in [0, 0.05) is 6.54 Å². The van der Waals surface area contributed by atoms with Gasteiger partial charge in [-0.2, -0.15) is 0 Å². The first-order valence-electron chi connectivity index (χ1n) is 4.81. The minimum atomic E-state index is -0.388. The lowest BCUT2D eigenvalue weighted by Gasteiger charge is -2.05. The summed E-state index contributed by atoms with van der Waals surface area (Å²) in [5.74, 6) is -0.388. The highest BCUT2D eigenvalue weighted by Crippen LogP contribution is 1.82. The van der Waals surface area contributed by atoms with Crippen molar-refractivity contribution in [3.8, 4) is 0 Å². The number of methoxy groups -OCH3 is 1. The van der Waals surface area contributed by atoms with Gasteiger partial charge >= 0.3 is 5.97 Å². The molecule has 0 aromatic heterocycles. The molecule has 0 radical (unpaired) electrons. The maximum atomic E-state index is 10.6. The highest BCUT2D eigenvalue weighted by Gasteiger charge is 1.98. The van der Waals surface area contributed by atoms with Crippen LogP contribution in [0.25, 0.3) is 0 Å². The second-order valence-corrected chi connectivity index (χ2v) is 2.64. The zero-order chi connectivity index (χ0) is 11.4. The number of nitrogens with two attached hydrogens (primary N) is 1. The van der Waals surface area contributed by atoms with Crippen LogP contribution in [0.2, 0.25) is 0 Å². The van der Waals surface area contributed by atoms with Gasteiger partial charge in [-0.1, -0.05) is 0 Å². The fourth-order valence-electron chi connectivity index (χ4n) is 0.738. The van der Waals surface area contributed by atoms with E-state index < -0.39 is 0 Å². The Morgan fingerprint density at radius 1 is 1.00 bits per heavy atom. The lowest BCUT2D eigenvalue weighted by atomic mass is 10.7. The lowest BCUT2D eigenvalue weighted by molar-refractivity contribution is -0.146. The normalized spacial score (nSPS) is 10.3. The molecule has 0 aromatic carbocycles. The molecule has 0 amide bonds. The van der Waals surface area contributed by atoms with E-state index in [2.05, 4.69) is 4.74 Å². The van der Waals surface area contributed by atoms with E-state index in [4.69, 9.17) is 19.9 Å². The number of rotatable bonds is 10. The monoisotopic (exact) mass is 221 g/mol. The number of ether oxygens (including phenoxy) is 4. The van der Waals surface area contributed by atoms with Crippen LogP contribution in [0.3, 0.4) is 0 Å². The second kappa shape index (κ2) is 11.4. The third kappa shape index (κ3) is 11.2. The van der Waals surface area contributed by atoms with E-state index in [9.17, 15) is 4.79 Å². The second-order valence-electron chi connectivity index (χ2n) is 2.64.